The minimum atomic E-state index is -4.85. The van der Waals surface area contributed by atoms with E-state index in [2.05, 4.69) is 15.5 Å². The van der Waals surface area contributed by atoms with E-state index >= 15 is 0 Å². The molecule has 0 radical (unpaired) electrons. The van der Waals surface area contributed by atoms with Gasteiger partial charge < -0.3 is 10.1 Å². The number of nitrogens with one attached hydrogen (secondary N) is 2. The van der Waals surface area contributed by atoms with Gasteiger partial charge in [0, 0.05) is 17.7 Å². The molecule has 0 saturated carbocycles. The Morgan fingerprint density at radius 3 is 2.55 bits per heavy atom. The fourth-order valence-electron chi connectivity index (χ4n) is 3.92. The maximum absolute atomic E-state index is 12.9. The minimum Gasteiger partial charge on any atom is -0.405 e. The van der Waals surface area contributed by atoms with Gasteiger partial charge in [0.15, 0.2) is 0 Å². The number of hydrazine groups is 1. The van der Waals surface area contributed by atoms with Crippen LogP contribution in [0, 0.1) is 11.8 Å². The van der Waals surface area contributed by atoms with Crippen LogP contribution in [0.4, 0.5) is 18.9 Å². The Kier molecular flexibility index (Phi) is 6.08. The number of hydrogen-bond donors (Lipinski definition) is 2. The van der Waals surface area contributed by atoms with E-state index in [1.165, 1.54) is 30.3 Å². The highest BCUT2D eigenvalue weighted by Gasteiger charge is 2.42. The topological polar surface area (TPSA) is 87.7 Å². The van der Waals surface area contributed by atoms with Gasteiger partial charge >= 0.3 is 6.36 Å². The number of allylic oxidation sites excluding steroid dienone is 2. The summed E-state index contributed by atoms with van der Waals surface area (Å²) in [6, 6.07) is 11.6. The van der Waals surface area contributed by atoms with Crippen molar-refractivity contribution in [3.8, 4) is 5.75 Å². The molecule has 1 saturated heterocycles. The Balaban J connectivity index is 1.47. The van der Waals surface area contributed by atoms with Crippen molar-refractivity contribution in [2.24, 2.45) is 11.8 Å². The molecule has 2 aromatic rings. The second-order valence-electron chi connectivity index (χ2n) is 7.69. The molecule has 1 fully saturated rings. The molecule has 2 unspecified atom stereocenters. The molecule has 33 heavy (non-hydrogen) atoms. The number of carbonyl (C=O) groups excluding carboxylic acids is 3. The Bertz CT molecular complexity index is 1120. The molecule has 0 spiro atoms. The van der Waals surface area contributed by atoms with Crippen molar-refractivity contribution >= 4 is 23.4 Å². The summed E-state index contributed by atoms with van der Waals surface area (Å²) in [5.74, 6) is -2.37. The van der Waals surface area contributed by atoms with Gasteiger partial charge in [-0.25, -0.2) is 5.01 Å². The Labute approximate surface area is 187 Å². The SMILES string of the molecule is O=C(NCc1ccccc1OC(F)(F)F)c1cccc(N2NC(=O)C3CC=CCC3C2=O)c1. The maximum atomic E-state index is 12.9. The lowest BCUT2D eigenvalue weighted by Gasteiger charge is -2.38. The van der Waals surface area contributed by atoms with Gasteiger partial charge in [0.05, 0.1) is 17.5 Å². The molecule has 0 aromatic heterocycles. The van der Waals surface area contributed by atoms with Crippen molar-refractivity contribution in [2.75, 3.05) is 5.01 Å². The second-order valence-corrected chi connectivity index (χ2v) is 7.69. The lowest BCUT2D eigenvalue weighted by molar-refractivity contribution is -0.274. The van der Waals surface area contributed by atoms with Gasteiger partial charge in [0.2, 0.25) is 11.8 Å². The van der Waals surface area contributed by atoms with Gasteiger partial charge in [-0.2, -0.15) is 0 Å². The van der Waals surface area contributed by atoms with Crippen LogP contribution in [-0.2, 0) is 16.1 Å². The average molecular weight is 459 g/mol. The van der Waals surface area contributed by atoms with E-state index in [9.17, 15) is 27.6 Å². The quantitative estimate of drug-likeness (QED) is 0.671. The van der Waals surface area contributed by atoms with Crippen LogP contribution < -0.4 is 20.5 Å². The molecule has 3 amide bonds. The molecule has 0 bridgehead atoms. The lowest BCUT2D eigenvalue weighted by atomic mass is 9.80. The van der Waals surface area contributed by atoms with Gasteiger partial charge in [0.1, 0.15) is 5.75 Å². The zero-order chi connectivity index (χ0) is 23.6. The number of anilines is 1. The highest BCUT2D eigenvalue weighted by atomic mass is 19.4. The third-order valence-corrected chi connectivity index (χ3v) is 5.53. The Hall–Kier alpha value is -3.82. The second kappa shape index (κ2) is 8.97. The number of nitrogens with zero attached hydrogens (tertiary/aromatic N) is 1. The Morgan fingerprint density at radius 1 is 1.06 bits per heavy atom. The summed E-state index contributed by atoms with van der Waals surface area (Å²) in [6.07, 6.45) is -0.134. The van der Waals surface area contributed by atoms with Crippen LogP contribution in [0.5, 0.6) is 5.75 Å². The van der Waals surface area contributed by atoms with E-state index in [1.807, 2.05) is 12.2 Å². The number of hydrogen-bond acceptors (Lipinski definition) is 4. The first-order valence-corrected chi connectivity index (χ1v) is 10.2. The van der Waals surface area contributed by atoms with Crippen molar-refractivity contribution in [1.29, 1.82) is 0 Å². The number of para-hydroxylation sites is 1. The summed E-state index contributed by atoms with van der Waals surface area (Å²) in [7, 11) is 0. The number of benzene rings is 2. The van der Waals surface area contributed by atoms with Crippen LogP contribution in [-0.4, -0.2) is 24.1 Å². The van der Waals surface area contributed by atoms with Gasteiger partial charge in [-0.1, -0.05) is 36.4 Å². The lowest BCUT2D eigenvalue weighted by Crippen LogP contribution is -2.59. The van der Waals surface area contributed by atoms with Crippen molar-refractivity contribution < 1.29 is 32.3 Å². The van der Waals surface area contributed by atoms with Crippen LogP contribution in [0.15, 0.2) is 60.7 Å². The van der Waals surface area contributed by atoms with Gasteiger partial charge in [0.25, 0.3) is 5.91 Å². The number of amides is 3. The third kappa shape index (κ3) is 5.00. The smallest absolute Gasteiger partial charge is 0.405 e. The summed E-state index contributed by atoms with van der Waals surface area (Å²) in [4.78, 5) is 38.0. The largest absolute Gasteiger partial charge is 0.573 e. The van der Waals surface area contributed by atoms with Crippen LogP contribution >= 0.6 is 0 Å². The molecule has 2 atom stereocenters. The normalized spacial score (nSPS) is 20.2. The van der Waals surface area contributed by atoms with Crippen LogP contribution in [0.2, 0.25) is 0 Å². The van der Waals surface area contributed by atoms with Crippen molar-refractivity contribution in [3.63, 3.8) is 0 Å². The van der Waals surface area contributed by atoms with E-state index in [4.69, 9.17) is 0 Å². The molecule has 172 valence electrons. The number of fused-ring (bicyclic) bond motifs is 1. The minimum absolute atomic E-state index is 0.147. The summed E-state index contributed by atoms with van der Waals surface area (Å²) in [5, 5.41) is 3.70. The standard InChI is InChI=1S/C23H20F3N3O4/c24-23(25,26)33-19-11-4-1-6-15(19)13-27-20(30)14-7-5-8-16(12-14)29-22(32)18-10-3-2-9-17(18)21(31)28-29/h1-8,11-12,17-18H,9-10,13H2,(H,27,30)(H,28,31). The van der Waals surface area contributed by atoms with Crippen LogP contribution in [0.3, 0.4) is 0 Å². The predicted molar refractivity (Wildman–Crippen MR) is 112 cm³/mol. The maximum Gasteiger partial charge on any atom is 0.573 e. The molecule has 1 heterocycles. The predicted octanol–water partition coefficient (Wildman–Crippen LogP) is 3.48. The molecule has 2 aromatic carbocycles. The summed E-state index contributed by atoms with van der Waals surface area (Å²) in [5.41, 5.74) is 3.23. The van der Waals surface area contributed by atoms with E-state index < -0.39 is 29.9 Å². The molecule has 1 aliphatic heterocycles. The monoisotopic (exact) mass is 459 g/mol. The molecule has 2 N–H and O–H groups in total. The number of ether oxygens (including phenoxy) is 1. The first-order chi connectivity index (χ1) is 15.7. The van der Waals surface area contributed by atoms with E-state index in [-0.39, 0.29) is 29.5 Å². The summed E-state index contributed by atoms with van der Waals surface area (Å²) < 4.78 is 41.8. The van der Waals surface area contributed by atoms with Gasteiger partial charge in [-0.05, 0) is 37.1 Å². The summed E-state index contributed by atoms with van der Waals surface area (Å²) in [6.45, 7) is -0.204. The fourth-order valence-corrected chi connectivity index (χ4v) is 3.92. The number of carbonyl (C=O) groups is 3. The van der Waals surface area contributed by atoms with Crippen LogP contribution in [0.25, 0.3) is 0 Å². The highest BCUT2D eigenvalue weighted by Crippen LogP contribution is 2.32. The molecule has 2 aliphatic rings. The van der Waals surface area contributed by atoms with Crippen LogP contribution in [0.1, 0.15) is 28.8 Å². The van der Waals surface area contributed by atoms with Crippen molar-refractivity contribution in [1.82, 2.24) is 10.7 Å². The zero-order valence-electron chi connectivity index (χ0n) is 17.3. The molecular formula is C23H20F3N3O4. The molecular weight excluding hydrogens is 439 g/mol. The average Bonchev–Trinajstić information content (AvgIpc) is 2.80. The number of rotatable bonds is 5. The molecule has 1 aliphatic carbocycles. The first-order valence-electron chi connectivity index (χ1n) is 10.2. The van der Waals surface area contributed by atoms with Gasteiger partial charge in [-0.3, -0.25) is 19.8 Å². The number of alkyl halides is 3. The third-order valence-electron chi connectivity index (χ3n) is 5.53. The number of halogens is 3. The van der Waals surface area contributed by atoms with Crippen molar-refractivity contribution in [2.45, 2.75) is 25.7 Å². The zero-order valence-corrected chi connectivity index (χ0v) is 17.3. The highest BCUT2D eigenvalue weighted by molar-refractivity contribution is 6.05. The fraction of sp³-hybridized carbons (Fsp3) is 0.261. The summed E-state index contributed by atoms with van der Waals surface area (Å²) >= 11 is 0. The molecule has 4 rings (SSSR count). The van der Waals surface area contributed by atoms with Crippen molar-refractivity contribution in [3.05, 3.63) is 71.8 Å². The van der Waals surface area contributed by atoms with E-state index in [0.717, 1.165) is 11.1 Å². The van der Waals surface area contributed by atoms with E-state index in [0.29, 0.717) is 18.5 Å². The first kappa shape index (κ1) is 22.4. The van der Waals surface area contributed by atoms with Gasteiger partial charge in [-0.15, -0.1) is 13.2 Å². The molecule has 7 nitrogen and oxygen atoms in total. The Morgan fingerprint density at radius 2 is 1.79 bits per heavy atom. The van der Waals surface area contributed by atoms with E-state index in [1.54, 1.807) is 12.1 Å². The molecule has 10 heteroatoms.